The van der Waals surface area contributed by atoms with Crippen molar-refractivity contribution in [2.75, 3.05) is 7.11 Å². The van der Waals surface area contributed by atoms with Crippen LogP contribution >= 0.6 is 15.9 Å². The van der Waals surface area contributed by atoms with Crippen molar-refractivity contribution in [2.24, 2.45) is 5.73 Å². The number of nitrogens with two attached hydrogens (primary N) is 1. The molecule has 0 radical (unpaired) electrons. The molecule has 0 amide bonds. The standard InChI is InChI=1S/C16H17BrFNO/c1-10-5-3-4-6-11(10)7-15(19)12-8-13(17)14(18)9-16(12)20-2/h3-6,8-9,15H,7,19H2,1-2H3. The number of rotatable bonds is 4. The number of halogens is 2. The van der Waals surface area contributed by atoms with Gasteiger partial charge in [-0.15, -0.1) is 0 Å². The van der Waals surface area contributed by atoms with Crippen LogP contribution in [-0.4, -0.2) is 7.11 Å². The Labute approximate surface area is 126 Å². The lowest BCUT2D eigenvalue weighted by atomic mass is 9.96. The van der Waals surface area contributed by atoms with Crippen molar-refractivity contribution in [1.29, 1.82) is 0 Å². The molecule has 0 aromatic heterocycles. The van der Waals surface area contributed by atoms with Crippen molar-refractivity contribution in [1.82, 2.24) is 0 Å². The maximum absolute atomic E-state index is 13.5. The zero-order valence-corrected chi connectivity index (χ0v) is 13.1. The maximum atomic E-state index is 13.5. The van der Waals surface area contributed by atoms with Crippen LogP contribution < -0.4 is 10.5 Å². The Morgan fingerprint density at radius 1 is 1.30 bits per heavy atom. The van der Waals surface area contributed by atoms with E-state index in [1.165, 1.54) is 24.3 Å². The molecule has 0 aliphatic carbocycles. The summed E-state index contributed by atoms with van der Waals surface area (Å²) in [6.07, 6.45) is 0.682. The van der Waals surface area contributed by atoms with Crippen LogP contribution in [0, 0.1) is 12.7 Å². The van der Waals surface area contributed by atoms with E-state index in [1.807, 2.05) is 12.1 Å². The van der Waals surface area contributed by atoms with Gasteiger partial charge in [-0.1, -0.05) is 24.3 Å². The first-order valence-corrected chi connectivity index (χ1v) is 7.15. The monoisotopic (exact) mass is 337 g/mol. The third-order valence-electron chi connectivity index (χ3n) is 3.37. The van der Waals surface area contributed by atoms with Gasteiger partial charge in [0.2, 0.25) is 0 Å². The van der Waals surface area contributed by atoms with Crippen LogP contribution in [0.5, 0.6) is 5.75 Å². The fourth-order valence-electron chi connectivity index (χ4n) is 2.20. The first-order valence-electron chi connectivity index (χ1n) is 6.36. The zero-order valence-electron chi connectivity index (χ0n) is 11.5. The largest absolute Gasteiger partial charge is 0.496 e. The summed E-state index contributed by atoms with van der Waals surface area (Å²) in [5, 5.41) is 0. The second-order valence-corrected chi connectivity index (χ2v) is 5.60. The van der Waals surface area contributed by atoms with Gasteiger partial charge in [0.25, 0.3) is 0 Å². The summed E-state index contributed by atoms with van der Waals surface area (Å²) in [5.41, 5.74) is 9.44. The molecule has 0 fully saturated rings. The van der Waals surface area contributed by atoms with E-state index in [2.05, 4.69) is 35.0 Å². The first-order chi connectivity index (χ1) is 9.52. The number of hydrogen-bond acceptors (Lipinski definition) is 2. The molecule has 0 saturated carbocycles. The highest BCUT2D eigenvalue weighted by molar-refractivity contribution is 9.10. The van der Waals surface area contributed by atoms with E-state index >= 15 is 0 Å². The summed E-state index contributed by atoms with van der Waals surface area (Å²) in [6.45, 7) is 2.06. The van der Waals surface area contributed by atoms with Crippen molar-refractivity contribution in [3.8, 4) is 5.75 Å². The minimum Gasteiger partial charge on any atom is -0.496 e. The molecule has 0 spiro atoms. The fraction of sp³-hybridized carbons (Fsp3) is 0.250. The Balaban J connectivity index is 2.32. The van der Waals surface area contributed by atoms with Crippen molar-refractivity contribution >= 4 is 15.9 Å². The third kappa shape index (κ3) is 3.19. The lowest BCUT2D eigenvalue weighted by molar-refractivity contribution is 0.401. The average Bonchev–Trinajstić information content (AvgIpc) is 2.43. The lowest BCUT2D eigenvalue weighted by Crippen LogP contribution is -2.15. The molecular weight excluding hydrogens is 321 g/mol. The van der Waals surface area contributed by atoms with Gasteiger partial charge in [0.1, 0.15) is 11.6 Å². The van der Waals surface area contributed by atoms with Gasteiger partial charge < -0.3 is 10.5 Å². The van der Waals surface area contributed by atoms with Crippen LogP contribution in [-0.2, 0) is 6.42 Å². The maximum Gasteiger partial charge on any atom is 0.141 e. The summed E-state index contributed by atoms with van der Waals surface area (Å²) in [7, 11) is 1.52. The smallest absolute Gasteiger partial charge is 0.141 e. The van der Waals surface area contributed by atoms with E-state index < -0.39 is 0 Å². The van der Waals surface area contributed by atoms with Gasteiger partial charge in [-0.25, -0.2) is 4.39 Å². The van der Waals surface area contributed by atoms with Crippen molar-refractivity contribution in [3.63, 3.8) is 0 Å². The van der Waals surface area contributed by atoms with Crippen molar-refractivity contribution in [2.45, 2.75) is 19.4 Å². The first kappa shape index (κ1) is 15.0. The lowest BCUT2D eigenvalue weighted by Gasteiger charge is -2.17. The minimum atomic E-state index is -0.353. The Morgan fingerprint density at radius 2 is 2.00 bits per heavy atom. The summed E-state index contributed by atoms with van der Waals surface area (Å²) in [4.78, 5) is 0. The van der Waals surface area contributed by atoms with Crippen LogP contribution in [0.25, 0.3) is 0 Å². The van der Waals surface area contributed by atoms with Crippen LogP contribution in [0.3, 0.4) is 0 Å². The summed E-state index contributed by atoms with van der Waals surface area (Å²) in [6, 6.07) is 10.9. The van der Waals surface area contributed by atoms with Crippen LogP contribution in [0.2, 0.25) is 0 Å². The molecule has 2 aromatic carbocycles. The number of hydrogen-bond donors (Lipinski definition) is 1. The Hall–Kier alpha value is -1.39. The zero-order chi connectivity index (χ0) is 14.7. The number of methoxy groups -OCH3 is 1. The number of benzene rings is 2. The van der Waals surface area contributed by atoms with Crippen molar-refractivity contribution in [3.05, 3.63) is 63.4 Å². The third-order valence-corrected chi connectivity index (χ3v) is 3.98. The van der Waals surface area contributed by atoms with Gasteiger partial charge in [-0.05, 0) is 46.5 Å². The predicted octanol–water partition coefficient (Wildman–Crippen LogP) is 4.15. The van der Waals surface area contributed by atoms with E-state index in [-0.39, 0.29) is 11.9 Å². The molecule has 1 atom stereocenters. The Bertz CT molecular complexity index is 615. The van der Waals surface area contributed by atoms with Crippen LogP contribution in [0.15, 0.2) is 40.9 Å². The van der Waals surface area contributed by atoms with Gasteiger partial charge in [0, 0.05) is 17.7 Å². The van der Waals surface area contributed by atoms with E-state index in [1.54, 1.807) is 6.07 Å². The molecule has 106 valence electrons. The molecule has 0 saturated heterocycles. The Kier molecular flexibility index (Phi) is 4.78. The van der Waals surface area contributed by atoms with E-state index in [0.29, 0.717) is 16.6 Å². The number of ether oxygens (including phenoxy) is 1. The van der Waals surface area contributed by atoms with Crippen molar-refractivity contribution < 1.29 is 9.13 Å². The fourth-order valence-corrected chi connectivity index (χ4v) is 2.56. The second kappa shape index (κ2) is 6.37. The highest BCUT2D eigenvalue weighted by Gasteiger charge is 2.16. The topological polar surface area (TPSA) is 35.2 Å². The molecule has 2 aromatic rings. The highest BCUT2D eigenvalue weighted by atomic mass is 79.9. The van der Waals surface area contributed by atoms with Gasteiger partial charge >= 0.3 is 0 Å². The predicted molar refractivity (Wildman–Crippen MR) is 82.5 cm³/mol. The minimum absolute atomic E-state index is 0.247. The second-order valence-electron chi connectivity index (χ2n) is 4.75. The van der Waals surface area contributed by atoms with Gasteiger partial charge in [-0.3, -0.25) is 0 Å². The Morgan fingerprint density at radius 3 is 2.65 bits per heavy atom. The molecule has 0 bridgehead atoms. The quantitative estimate of drug-likeness (QED) is 0.909. The van der Waals surface area contributed by atoms with Gasteiger partial charge in [0.15, 0.2) is 0 Å². The summed E-state index contributed by atoms with van der Waals surface area (Å²) in [5.74, 6) is 0.125. The SMILES string of the molecule is COc1cc(F)c(Br)cc1C(N)Cc1ccccc1C. The van der Waals surface area contributed by atoms with E-state index in [0.717, 1.165) is 5.56 Å². The van der Waals surface area contributed by atoms with E-state index in [4.69, 9.17) is 10.5 Å². The van der Waals surface area contributed by atoms with Crippen LogP contribution in [0.4, 0.5) is 4.39 Å². The average molecular weight is 338 g/mol. The molecule has 2 rings (SSSR count). The molecule has 0 heterocycles. The van der Waals surface area contributed by atoms with Gasteiger partial charge in [0.05, 0.1) is 11.6 Å². The molecule has 20 heavy (non-hydrogen) atoms. The molecular formula is C16H17BrFNO. The molecule has 0 aliphatic rings. The molecule has 1 unspecified atom stereocenters. The number of aryl methyl sites for hydroxylation is 1. The normalized spacial score (nSPS) is 12.2. The highest BCUT2D eigenvalue weighted by Crippen LogP contribution is 2.31. The summed E-state index contributed by atoms with van der Waals surface area (Å²) >= 11 is 3.19. The molecule has 4 heteroatoms. The van der Waals surface area contributed by atoms with Crippen LogP contribution in [0.1, 0.15) is 22.7 Å². The summed E-state index contributed by atoms with van der Waals surface area (Å²) < 4.78 is 19.2. The van der Waals surface area contributed by atoms with E-state index in [9.17, 15) is 4.39 Å². The molecule has 2 N–H and O–H groups in total. The molecule has 2 nitrogen and oxygen atoms in total. The van der Waals surface area contributed by atoms with Gasteiger partial charge in [-0.2, -0.15) is 0 Å². The molecule has 0 aliphatic heterocycles.